The van der Waals surface area contributed by atoms with Gasteiger partial charge in [-0.15, -0.1) is 0 Å². The second-order valence-corrected chi connectivity index (χ2v) is 6.59. The predicted octanol–water partition coefficient (Wildman–Crippen LogP) is 1.81. The second kappa shape index (κ2) is 7.61. The lowest BCUT2D eigenvalue weighted by Crippen LogP contribution is -2.49. The van der Waals surface area contributed by atoms with Crippen LogP contribution in [0.2, 0.25) is 0 Å². The Hall–Kier alpha value is -1.86. The first kappa shape index (κ1) is 17.5. The van der Waals surface area contributed by atoms with E-state index in [4.69, 9.17) is 17.0 Å². The van der Waals surface area contributed by atoms with Crippen LogP contribution in [0.1, 0.15) is 25.3 Å². The number of amides is 1. The smallest absolute Gasteiger partial charge is 0.266 e. The van der Waals surface area contributed by atoms with E-state index in [1.165, 1.54) is 0 Å². The minimum absolute atomic E-state index is 0.235. The van der Waals surface area contributed by atoms with Gasteiger partial charge >= 0.3 is 0 Å². The molecule has 0 unspecified atom stereocenters. The van der Waals surface area contributed by atoms with Crippen molar-refractivity contribution in [3.05, 3.63) is 34.7 Å². The van der Waals surface area contributed by atoms with Gasteiger partial charge < -0.3 is 14.6 Å². The van der Waals surface area contributed by atoms with Crippen LogP contribution in [0.5, 0.6) is 5.75 Å². The van der Waals surface area contributed by atoms with Gasteiger partial charge in [0.25, 0.3) is 5.91 Å². The van der Waals surface area contributed by atoms with E-state index in [-0.39, 0.29) is 4.32 Å². The summed E-state index contributed by atoms with van der Waals surface area (Å²) >= 11 is 6.28. The van der Waals surface area contributed by atoms with Crippen LogP contribution >= 0.6 is 24.0 Å². The summed E-state index contributed by atoms with van der Waals surface area (Å²) in [6.07, 6.45) is 2.58. The molecule has 1 fully saturated rings. The Labute approximate surface area is 144 Å². The Morgan fingerprint density at radius 2 is 2.17 bits per heavy atom. The maximum absolute atomic E-state index is 12.6. The van der Waals surface area contributed by atoms with Gasteiger partial charge in [-0.25, -0.2) is 0 Å². The van der Waals surface area contributed by atoms with E-state index in [0.29, 0.717) is 23.5 Å². The number of methoxy groups -OCH3 is 1. The molecule has 0 aromatic heterocycles. The van der Waals surface area contributed by atoms with Crippen molar-refractivity contribution in [2.75, 3.05) is 7.11 Å². The molecule has 1 aliphatic heterocycles. The molecule has 1 saturated heterocycles. The maximum atomic E-state index is 12.6. The van der Waals surface area contributed by atoms with Gasteiger partial charge in [-0.05, 0) is 18.6 Å². The van der Waals surface area contributed by atoms with E-state index in [2.05, 4.69) is 0 Å². The molecule has 0 radical (unpaired) electrons. The Balaban J connectivity index is 2.34. The number of carbonyl (C=O) groups is 2. The third kappa shape index (κ3) is 3.73. The molecular formula is C16H16NO4S2-. The fourth-order valence-electron chi connectivity index (χ4n) is 2.30. The standard InChI is InChI=1S/C16H17NO4S2/c1-3-6-11(15(19)20)17-14(18)13(23-16(17)22)9-10-7-4-5-8-12(10)21-2/h4-5,7-9,11H,3,6H2,1-2H3,(H,19,20)/p-1/b13-9-/t11-/m0/s1. The van der Waals surface area contributed by atoms with Crippen molar-refractivity contribution in [2.24, 2.45) is 0 Å². The van der Waals surface area contributed by atoms with E-state index in [1.807, 2.05) is 25.1 Å². The third-order valence-corrected chi connectivity index (χ3v) is 4.73. The van der Waals surface area contributed by atoms with Crippen molar-refractivity contribution in [3.8, 4) is 5.75 Å². The molecule has 1 aromatic rings. The van der Waals surface area contributed by atoms with Crippen molar-refractivity contribution >= 4 is 46.3 Å². The highest BCUT2D eigenvalue weighted by Gasteiger charge is 2.37. The molecule has 5 nitrogen and oxygen atoms in total. The monoisotopic (exact) mass is 350 g/mol. The van der Waals surface area contributed by atoms with E-state index in [1.54, 1.807) is 19.3 Å². The highest BCUT2D eigenvalue weighted by atomic mass is 32.2. The Morgan fingerprint density at radius 1 is 1.48 bits per heavy atom. The van der Waals surface area contributed by atoms with Crippen LogP contribution in [0.15, 0.2) is 29.2 Å². The van der Waals surface area contributed by atoms with E-state index in [0.717, 1.165) is 22.2 Å². The number of carbonyl (C=O) groups excluding carboxylic acids is 2. The molecule has 0 bridgehead atoms. The van der Waals surface area contributed by atoms with Crippen LogP contribution in [-0.2, 0) is 9.59 Å². The normalized spacial score (nSPS) is 17.7. The molecule has 0 spiro atoms. The summed E-state index contributed by atoms with van der Waals surface area (Å²) in [7, 11) is 1.55. The van der Waals surface area contributed by atoms with Crippen LogP contribution in [0.4, 0.5) is 0 Å². The van der Waals surface area contributed by atoms with Crippen molar-refractivity contribution in [2.45, 2.75) is 25.8 Å². The van der Waals surface area contributed by atoms with Crippen LogP contribution in [0, 0.1) is 0 Å². The minimum Gasteiger partial charge on any atom is -0.548 e. The largest absolute Gasteiger partial charge is 0.548 e. The number of thiocarbonyl (C=S) groups is 1. The average molecular weight is 350 g/mol. The molecule has 0 aliphatic carbocycles. The Bertz CT molecular complexity index is 672. The molecule has 2 rings (SSSR count). The highest BCUT2D eigenvalue weighted by Crippen LogP contribution is 2.36. The zero-order chi connectivity index (χ0) is 17.0. The van der Waals surface area contributed by atoms with Crippen molar-refractivity contribution < 1.29 is 19.4 Å². The number of rotatable bonds is 6. The number of para-hydroxylation sites is 1. The van der Waals surface area contributed by atoms with E-state index in [9.17, 15) is 14.7 Å². The number of carboxylic acids is 1. The molecule has 1 aromatic carbocycles. The third-order valence-electron chi connectivity index (χ3n) is 3.39. The summed E-state index contributed by atoms with van der Waals surface area (Å²) in [6.45, 7) is 1.85. The average Bonchev–Trinajstić information content (AvgIpc) is 2.79. The van der Waals surface area contributed by atoms with Crippen LogP contribution < -0.4 is 9.84 Å². The first-order chi connectivity index (χ1) is 11.0. The predicted molar refractivity (Wildman–Crippen MR) is 91.7 cm³/mol. The number of aliphatic carboxylic acids is 1. The van der Waals surface area contributed by atoms with Gasteiger partial charge in [0.05, 0.1) is 24.0 Å². The number of ether oxygens (including phenoxy) is 1. The molecule has 1 atom stereocenters. The highest BCUT2D eigenvalue weighted by molar-refractivity contribution is 8.26. The number of thioether (sulfide) groups is 1. The lowest BCUT2D eigenvalue weighted by Gasteiger charge is -2.27. The summed E-state index contributed by atoms with van der Waals surface area (Å²) in [5.74, 6) is -1.07. The van der Waals surface area contributed by atoms with Gasteiger partial charge in [0.2, 0.25) is 0 Å². The molecule has 1 aliphatic rings. The number of hydrogen-bond acceptors (Lipinski definition) is 6. The summed E-state index contributed by atoms with van der Waals surface area (Å²) < 4.78 is 5.49. The van der Waals surface area contributed by atoms with Crippen molar-refractivity contribution in [3.63, 3.8) is 0 Å². The van der Waals surface area contributed by atoms with Crippen LogP contribution in [0.25, 0.3) is 6.08 Å². The molecule has 7 heteroatoms. The summed E-state index contributed by atoms with van der Waals surface area (Å²) in [4.78, 5) is 25.4. The van der Waals surface area contributed by atoms with Gasteiger partial charge in [0, 0.05) is 5.56 Å². The molecule has 0 saturated carbocycles. The van der Waals surface area contributed by atoms with Gasteiger partial charge in [-0.3, -0.25) is 9.69 Å². The SMILES string of the molecule is CCC[C@@H](C(=O)[O-])N1C(=O)/C(=C/c2ccccc2OC)SC1=S. The van der Waals surface area contributed by atoms with Gasteiger partial charge in [-0.1, -0.05) is 55.5 Å². The quantitative estimate of drug-likeness (QED) is 0.576. The first-order valence-corrected chi connectivity index (χ1v) is 8.33. The van der Waals surface area contributed by atoms with Crippen LogP contribution in [0.3, 0.4) is 0 Å². The molecule has 1 heterocycles. The molecule has 122 valence electrons. The Morgan fingerprint density at radius 3 is 2.78 bits per heavy atom. The van der Waals surface area contributed by atoms with Crippen molar-refractivity contribution in [1.82, 2.24) is 4.90 Å². The summed E-state index contributed by atoms with van der Waals surface area (Å²) in [5.41, 5.74) is 0.732. The molecular weight excluding hydrogens is 334 g/mol. The molecule has 0 N–H and O–H groups in total. The van der Waals surface area contributed by atoms with E-state index >= 15 is 0 Å². The zero-order valence-corrected chi connectivity index (χ0v) is 14.4. The molecule has 23 heavy (non-hydrogen) atoms. The van der Waals surface area contributed by atoms with E-state index < -0.39 is 17.9 Å². The lowest BCUT2D eigenvalue weighted by molar-refractivity contribution is -0.310. The number of nitrogens with zero attached hydrogens (tertiary/aromatic N) is 1. The van der Waals surface area contributed by atoms with Crippen LogP contribution in [-0.4, -0.2) is 34.2 Å². The second-order valence-electron chi connectivity index (χ2n) is 4.92. The lowest BCUT2D eigenvalue weighted by atomic mass is 10.1. The number of carboxylic acid groups (broad SMARTS) is 1. The molecule has 1 amide bonds. The Kier molecular flexibility index (Phi) is 5.79. The fraction of sp³-hybridized carbons (Fsp3) is 0.312. The van der Waals surface area contributed by atoms with Gasteiger partial charge in [0.15, 0.2) is 0 Å². The zero-order valence-electron chi connectivity index (χ0n) is 12.8. The minimum atomic E-state index is -1.29. The topological polar surface area (TPSA) is 69.7 Å². The summed E-state index contributed by atoms with van der Waals surface area (Å²) in [5, 5.41) is 11.3. The van der Waals surface area contributed by atoms with Gasteiger partial charge in [-0.2, -0.15) is 0 Å². The number of benzene rings is 1. The summed E-state index contributed by atoms with van der Waals surface area (Å²) in [6, 6.07) is 6.22. The fourth-order valence-corrected chi connectivity index (χ4v) is 3.65. The maximum Gasteiger partial charge on any atom is 0.266 e. The number of hydrogen-bond donors (Lipinski definition) is 0. The van der Waals surface area contributed by atoms with Gasteiger partial charge in [0.1, 0.15) is 10.1 Å². The van der Waals surface area contributed by atoms with Crippen molar-refractivity contribution in [1.29, 1.82) is 0 Å². The first-order valence-electron chi connectivity index (χ1n) is 7.10.